The minimum atomic E-state index is -2.49. The van der Waals surface area contributed by atoms with E-state index in [9.17, 15) is 13.2 Å². The van der Waals surface area contributed by atoms with Crippen molar-refractivity contribution in [3.63, 3.8) is 0 Å². The van der Waals surface area contributed by atoms with Gasteiger partial charge < -0.3 is 14.7 Å². The largest absolute Gasteiger partial charge is 0.354 e. The Balaban J connectivity index is 1.67. The van der Waals surface area contributed by atoms with Gasteiger partial charge in [-0.3, -0.25) is 0 Å². The maximum absolute atomic E-state index is 14.5. The van der Waals surface area contributed by atoms with Crippen LogP contribution in [0.4, 0.5) is 13.2 Å². The van der Waals surface area contributed by atoms with Crippen LogP contribution in [0.3, 0.4) is 0 Å². The molecule has 2 N–H and O–H groups in total. The lowest BCUT2D eigenvalue weighted by Crippen LogP contribution is -2.26. The smallest absolute Gasteiger partial charge is 0.242 e. The molecule has 4 aromatic rings. The number of hydrogen-bond acceptors (Lipinski definition) is 2. The predicted octanol–water partition coefficient (Wildman–Crippen LogP) is 4.90. The van der Waals surface area contributed by atoms with Crippen LogP contribution in [0.2, 0.25) is 0 Å². The minimum absolute atomic E-state index is 0.216. The number of benzene rings is 1. The van der Waals surface area contributed by atoms with Crippen LogP contribution in [0.1, 0.15) is 29.9 Å². The molecule has 0 atom stereocenters. The van der Waals surface area contributed by atoms with Gasteiger partial charge in [-0.1, -0.05) is 6.07 Å². The second-order valence-corrected chi connectivity index (χ2v) is 7.64. The fourth-order valence-electron chi connectivity index (χ4n) is 4.41. The Bertz CT molecular complexity index is 1170. The van der Waals surface area contributed by atoms with Gasteiger partial charge >= 0.3 is 0 Å². The first-order valence-electron chi connectivity index (χ1n) is 9.86. The van der Waals surface area contributed by atoms with Crippen molar-refractivity contribution in [3.8, 4) is 11.3 Å². The van der Waals surface area contributed by atoms with Crippen LogP contribution in [0.5, 0.6) is 0 Å². The summed E-state index contributed by atoms with van der Waals surface area (Å²) in [6, 6.07) is 7.42. The summed E-state index contributed by atoms with van der Waals surface area (Å²) < 4.78 is 42.9. The minimum Gasteiger partial charge on any atom is -0.354 e. The summed E-state index contributed by atoms with van der Waals surface area (Å²) in [6.07, 6.45) is 4.08. The fourth-order valence-corrected chi connectivity index (χ4v) is 4.41. The molecule has 1 saturated heterocycles. The molecule has 7 heteroatoms. The molecular formula is C22H21F3N4. The molecule has 29 heavy (non-hydrogen) atoms. The number of aromatic nitrogens is 3. The molecule has 0 aliphatic carbocycles. The Kier molecular flexibility index (Phi) is 4.54. The lowest BCUT2D eigenvalue weighted by atomic mass is 9.89. The van der Waals surface area contributed by atoms with Gasteiger partial charge in [0.1, 0.15) is 0 Å². The number of H-pyrrole nitrogens is 1. The lowest BCUT2D eigenvalue weighted by Gasteiger charge is -2.23. The van der Waals surface area contributed by atoms with Gasteiger partial charge in [-0.15, -0.1) is 0 Å². The second kappa shape index (κ2) is 7.22. The van der Waals surface area contributed by atoms with E-state index in [1.54, 1.807) is 16.8 Å². The quantitative estimate of drug-likeness (QED) is 0.514. The first-order chi connectivity index (χ1) is 14.1. The van der Waals surface area contributed by atoms with E-state index in [2.05, 4.69) is 21.4 Å². The van der Waals surface area contributed by atoms with E-state index in [0.717, 1.165) is 36.8 Å². The zero-order chi connectivity index (χ0) is 20.0. The molecule has 0 unspecified atom stereocenters. The van der Waals surface area contributed by atoms with E-state index in [-0.39, 0.29) is 12.1 Å². The number of pyridine rings is 1. The molecule has 0 saturated carbocycles. The molecule has 1 aromatic carbocycles. The highest BCUT2D eigenvalue weighted by Gasteiger charge is 2.21. The summed E-state index contributed by atoms with van der Waals surface area (Å²) in [5.41, 5.74) is 3.79. The van der Waals surface area contributed by atoms with Gasteiger partial charge in [0.15, 0.2) is 11.5 Å². The molecule has 0 spiro atoms. The summed E-state index contributed by atoms with van der Waals surface area (Å²) >= 11 is 0. The third-order valence-corrected chi connectivity index (χ3v) is 5.83. The van der Waals surface area contributed by atoms with Crippen molar-refractivity contribution in [1.82, 2.24) is 19.7 Å². The number of imidazole rings is 1. The van der Waals surface area contributed by atoms with E-state index in [4.69, 9.17) is 0 Å². The van der Waals surface area contributed by atoms with Gasteiger partial charge in [0.2, 0.25) is 6.43 Å². The number of piperidine rings is 1. The van der Waals surface area contributed by atoms with Crippen molar-refractivity contribution in [2.75, 3.05) is 13.1 Å². The molecule has 1 aliphatic heterocycles. The lowest BCUT2D eigenvalue weighted by molar-refractivity contribution is 0.149. The Labute approximate surface area is 165 Å². The van der Waals surface area contributed by atoms with Gasteiger partial charge in [0.05, 0.1) is 5.69 Å². The van der Waals surface area contributed by atoms with Gasteiger partial charge in [-0.25, -0.2) is 18.2 Å². The van der Waals surface area contributed by atoms with Crippen molar-refractivity contribution >= 4 is 16.6 Å². The monoisotopic (exact) mass is 398 g/mol. The molecule has 0 bridgehead atoms. The highest BCUT2D eigenvalue weighted by molar-refractivity contribution is 5.91. The Morgan fingerprint density at radius 1 is 1.17 bits per heavy atom. The molecule has 0 radical (unpaired) electrons. The normalized spacial score (nSPS) is 15.7. The molecule has 5 rings (SSSR count). The highest BCUT2D eigenvalue weighted by atomic mass is 19.3. The number of alkyl halides is 2. The third kappa shape index (κ3) is 3.29. The van der Waals surface area contributed by atoms with Crippen LogP contribution in [0.15, 0.2) is 42.9 Å². The van der Waals surface area contributed by atoms with Crippen molar-refractivity contribution in [1.29, 1.82) is 0 Å². The van der Waals surface area contributed by atoms with Gasteiger partial charge in [0, 0.05) is 41.5 Å². The molecular weight excluding hydrogens is 377 g/mol. The van der Waals surface area contributed by atoms with E-state index in [0.29, 0.717) is 22.7 Å². The molecule has 1 aliphatic rings. The van der Waals surface area contributed by atoms with E-state index >= 15 is 0 Å². The van der Waals surface area contributed by atoms with Gasteiger partial charge in [0.25, 0.3) is 0 Å². The van der Waals surface area contributed by atoms with Crippen LogP contribution < -0.4 is 5.32 Å². The number of hydrogen-bond donors (Lipinski definition) is 2. The molecule has 150 valence electrons. The van der Waals surface area contributed by atoms with Crippen LogP contribution in [-0.2, 0) is 6.42 Å². The first kappa shape index (κ1) is 18.2. The standard InChI is InChI=1S/C22H21F3N4/c23-18-10-15(12-29-8-7-27-22(18)29)21-17(11-20(24)25)16-9-14(1-2-19(16)28-21)13-3-5-26-6-4-13/h1-2,7-10,12-13,20,26,28H,3-6,11H2. The van der Waals surface area contributed by atoms with Crippen molar-refractivity contribution in [2.24, 2.45) is 0 Å². The fraction of sp³-hybridized carbons (Fsp3) is 0.318. The van der Waals surface area contributed by atoms with Crippen molar-refractivity contribution in [2.45, 2.75) is 31.6 Å². The number of aromatic amines is 1. The van der Waals surface area contributed by atoms with Crippen molar-refractivity contribution in [3.05, 3.63) is 59.8 Å². The number of nitrogens with zero attached hydrogens (tertiary/aromatic N) is 2. The summed E-state index contributed by atoms with van der Waals surface area (Å²) in [5.74, 6) is -0.0531. The zero-order valence-corrected chi connectivity index (χ0v) is 15.8. The average molecular weight is 398 g/mol. The Hall–Kier alpha value is -2.80. The molecule has 4 heterocycles. The molecule has 3 aromatic heterocycles. The number of rotatable bonds is 4. The summed E-state index contributed by atoms with van der Waals surface area (Å²) in [4.78, 5) is 7.24. The Morgan fingerprint density at radius 3 is 2.79 bits per heavy atom. The maximum atomic E-state index is 14.5. The van der Waals surface area contributed by atoms with E-state index in [1.165, 1.54) is 17.8 Å². The van der Waals surface area contributed by atoms with Crippen LogP contribution >= 0.6 is 0 Å². The van der Waals surface area contributed by atoms with E-state index in [1.807, 2.05) is 12.1 Å². The molecule has 1 fully saturated rings. The van der Waals surface area contributed by atoms with Crippen LogP contribution in [0, 0.1) is 5.82 Å². The van der Waals surface area contributed by atoms with E-state index < -0.39 is 12.2 Å². The SMILES string of the molecule is Fc1cc(-c2[nH]c3ccc(C4CCNCC4)cc3c2CC(F)F)cn2ccnc12. The maximum Gasteiger partial charge on any atom is 0.242 e. The summed E-state index contributed by atoms with van der Waals surface area (Å²) in [6.45, 7) is 1.93. The number of fused-ring (bicyclic) bond motifs is 2. The number of nitrogens with one attached hydrogen (secondary N) is 2. The average Bonchev–Trinajstić information content (AvgIpc) is 3.33. The predicted molar refractivity (Wildman–Crippen MR) is 107 cm³/mol. The summed E-state index contributed by atoms with van der Waals surface area (Å²) in [7, 11) is 0. The molecule has 4 nitrogen and oxygen atoms in total. The topological polar surface area (TPSA) is 45.1 Å². The Morgan fingerprint density at radius 2 is 2.00 bits per heavy atom. The molecule has 0 amide bonds. The van der Waals surface area contributed by atoms with Gasteiger partial charge in [-0.05, 0) is 61.2 Å². The van der Waals surface area contributed by atoms with Crippen molar-refractivity contribution < 1.29 is 13.2 Å². The highest BCUT2D eigenvalue weighted by Crippen LogP contribution is 2.35. The first-order valence-corrected chi connectivity index (χ1v) is 9.86. The van der Waals surface area contributed by atoms with Gasteiger partial charge in [-0.2, -0.15) is 0 Å². The second-order valence-electron chi connectivity index (χ2n) is 7.64. The third-order valence-electron chi connectivity index (χ3n) is 5.83. The summed E-state index contributed by atoms with van der Waals surface area (Å²) in [5, 5.41) is 4.15. The number of halogens is 3. The zero-order valence-electron chi connectivity index (χ0n) is 15.8. The van der Waals surface area contributed by atoms with Crippen LogP contribution in [-0.4, -0.2) is 33.9 Å². The van der Waals surface area contributed by atoms with Crippen LogP contribution in [0.25, 0.3) is 27.8 Å².